The van der Waals surface area contributed by atoms with E-state index >= 15 is 0 Å². The van der Waals surface area contributed by atoms with Crippen LogP contribution < -0.4 is 11.5 Å². The fraction of sp³-hybridized carbons (Fsp3) is 0.333. The van der Waals surface area contributed by atoms with Crippen molar-refractivity contribution >= 4 is 29.4 Å². The molecule has 0 saturated heterocycles. The van der Waals surface area contributed by atoms with Crippen molar-refractivity contribution in [2.75, 3.05) is 18.0 Å². The zero-order valence-electron chi connectivity index (χ0n) is 10.4. The van der Waals surface area contributed by atoms with Crippen LogP contribution in [0.4, 0.5) is 5.69 Å². The molecule has 1 rings (SSSR count). The Bertz CT molecular complexity index is 398. The summed E-state index contributed by atoms with van der Waals surface area (Å²) in [5, 5.41) is 15.8. The molecule has 19 heavy (non-hydrogen) atoms. The van der Waals surface area contributed by atoms with E-state index in [1.807, 2.05) is 24.3 Å². The van der Waals surface area contributed by atoms with E-state index < -0.39 is 11.9 Å². The highest BCUT2D eigenvalue weighted by atomic mass is 32.2. The van der Waals surface area contributed by atoms with Crippen molar-refractivity contribution in [2.45, 2.75) is 17.7 Å². The van der Waals surface area contributed by atoms with E-state index in [1.165, 1.54) is 0 Å². The van der Waals surface area contributed by atoms with Crippen molar-refractivity contribution in [1.29, 1.82) is 0 Å². The lowest BCUT2D eigenvalue weighted by molar-refractivity contribution is -0.143. The highest BCUT2D eigenvalue weighted by Crippen LogP contribution is 2.23. The van der Waals surface area contributed by atoms with E-state index in [0.29, 0.717) is 6.54 Å². The van der Waals surface area contributed by atoms with Gasteiger partial charge in [-0.1, -0.05) is 12.1 Å². The van der Waals surface area contributed by atoms with Gasteiger partial charge in [0.2, 0.25) is 0 Å². The number of nitrogen functional groups attached to an aromatic ring is 1. The molecular formula is C12H18N2O4S. The Balaban J connectivity index is 0.000000362. The maximum atomic E-state index is 9.64. The van der Waals surface area contributed by atoms with E-state index in [2.05, 4.69) is 0 Å². The van der Waals surface area contributed by atoms with Gasteiger partial charge in [0, 0.05) is 22.9 Å². The molecule has 0 atom stereocenters. The normalized spacial score (nSPS) is 9.32. The zero-order valence-corrected chi connectivity index (χ0v) is 11.2. The summed E-state index contributed by atoms with van der Waals surface area (Å²) < 4.78 is 0. The Morgan fingerprint density at radius 2 is 1.63 bits per heavy atom. The topological polar surface area (TPSA) is 127 Å². The van der Waals surface area contributed by atoms with Gasteiger partial charge in [-0.3, -0.25) is 9.59 Å². The van der Waals surface area contributed by atoms with Gasteiger partial charge in [-0.05, 0) is 12.1 Å². The highest BCUT2D eigenvalue weighted by Gasteiger charge is 2.00. The maximum absolute atomic E-state index is 9.64. The molecule has 6 N–H and O–H groups in total. The zero-order chi connectivity index (χ0) is 14.7. The van der Waals surface area contributed by atoms with Crippen molar-refractivity contribution in [3.05, 3.63) is 24.3 Å². The SMILES string of the molecule is NCCSc1ccccc1N.O=C(O)CCC(=O)O. The number of carboxylic acids is 2. The summed E-state index contributed by atoms with van der Waals surface area (Å²) in [5.74, 6) is -1.23. The van der Waals surface area contributed by atoms with Crippen LogP contribution in [-0.4, -0.2) is 34.4 Å². The third-order valence-electron chi connectivity index (χ3n) is 1.85. The molecule has 1 aromatic carbocycles. The third-order valence-corrected chi connectivity index (χ3v) is 2.97. The molecule has 0 aliphatic heterocycles. The molecule has 0 spiro atoms. The number of benzene rings is 1. The number of anilines is 1. The summed E-state index contributed by atoms with van der Waals surface area (Å²) in [4.78, 5) is 20.4. The minimum absolute atomic E-state index is 0.296. The maximum Gasteiger partial charge on any atom is 0.303 e. The van der Waals surface area contributed by atoms with Gasteiger partial charge >= 0.3 is 11.9 Å². The molecule has 0 aromatic heterocycles. The molecule has 106 valence electrons. The Morgan fingerprint density at radius 1 is 1.11 bits per heavy atom. The molecule has 0 radical (unpaired) electrons. The number of aliphatic carboxylic acids is 2. The summed E-state index contributed by atoms with van der Waals surface area (Å²) >= 11 is 1.70. The van der Waals surface area contributed by atoms with E-state index in [-0.39, 0.29) is 12.8 Å². The van der Waals surface area contributed by atoms with Crippen molar-refractivity contribution in [1.82, 2.24) is 0 Å². The van der Waals surface area contributed by atoms with Gasteiger partial charge < -0.3 is 21.7 Å². The van der Waals surface area contributed by atoms with Gasteiger partial charge in [0.25, 0.3) is 0 Å². The minimum atomic E-state index is -1.08. The number of hydrogen-bond acceptors (Lipinski definition) is 5. The van der Waals surface area contributed by atoms with E-state index in [9.17, 15) is 9.59 Å². The van der Waals surface area contributed by atoms with E-state index in [1.54, 1.807) is 11.8 Å². The molecule has 0 fully saturated rings. The largest absolute Gasteiger partial charge is 0.481 e. The Labute approximate surface area is 115 Å². The van der Waals surface area contributed by atoms with Gasteiger partial charge in [-0.2, -0.15) is 0 Å². The Morgan fingerprint density at radius 3 is 2.05 bits per heavy atom. The van der Waals surface area contributed by atoms with Crippen LogP contribution in [0.1, 0.15) is 12.8 Å². The smallest absolute Gasteiger partial charge is 0.303 e. The Kier molecular flexibility index (Phi) is 9.29. The molecule has 0 heterocycles. The summed E-state index contributed by atoms with van der Waals surface area (Å²) in [7, 11) is 0. The van der Waals surface area contributed by atoms with Crippen molar-refractivity contribution in [3.63, 3.8) is 0 Å². The predicted octanol–water partition coefficient (Wildman–Crippen LogP) is 1.26. The summed E-state index contributed by atoms with van der Waals surface area (Å²) in [6, 6.07) is 7.82. The summed E-state index contributed by atoms with van der Waals surface area (Å²) in [6.07, 6.45) is -0.593. The number of carbonyl (C=O) groups is 2. The molecule has 1 aromatic rings. The molecule has 0 bridgehead atoms. The number of nitrogens with two attached hydrogens (primary N) is 2. The van der Waals surface area contributed by atoms with Crippen molar-refractivity contribution in [2.24, 2.45) is 5.73 Å². The Hall–Kier alpha value is -1.73. The quantitative estimate of drug-likeness (QED) is 0.458. The van der Waals surface area contributed by atoms with Crippen LogP contribution in [-0.2, 0) is 9.59 Å². The van der Waals surface area contributed by atoms with Gasteiger partial charge in [0.05, 0.1) is 12.8 Å². The molecule has 7 heteroatoms. The first kappa shape index (κ1) is 17.3. The molecule has 0 amide bonds. The van der Waals surface area contributed by atoms with Crippen molar-refractivity contribution in [3.8, 4) is 0 Å². The number of rotatable bonds is 6. The second-order valence-electron chi connectivity index (χ2n) is 3.46. The third kappa shape index (κ3) is 9.93. The molecule has 0 aliphatic rings. The molecular weight excluding hydrogens is 268 g/mol. The van der Waals surface area contributed by atoms with Crippen LogP contribution in [0.5, 0.6) is 0 Å². The first-order valence-corrected chi connectivity index (χ1v) is 6.57. The van der Waals surface area contributed by atoms with Gasteiger partial charge in [-0.15, -0.1) is 11.8 Å². The average Bonchev–Trinajstić information content (AvgIpc) is 2.36. The highest BCUT2D eigenvalue weighted by molar-refractivity contribution is 7.99. The average molecular weight is 286 g/mol. The van der Waals surface area contributed by atoms with Crippen molar-refractivity contribution < 1.29 is 19.8 Å². The van der Waals surface area contributed by atoms with Gasteiger partial charge in [0.15, 0.2) is 0 Å². The van der Waals surface area contributed by atoms with Crippen LogP contribution in [0.15, 0.2) is 29.2 Å². The minimum Gasteiger partial charge on any atom is -0.481 e. The lowest BCUT2D eigenvalue weighted by atomic mass is 10.3. The van der Waals surface area contributed by atoms with Gasteiger partial charge in [-0.25, -0.2) is 0 Å². The van der Waals surface area contributed by atoms with Gasteiger partial charge in [0.1, 0.15) is 0 Å². The fourth-order valence-electron chi connectivity index (χ4n) is 0.995. The van der Waals surface area contributed by atoms with E-state index in [0.717, 1.165) is 16.3 Å². The van der Waals surface area contributed by atoms with Crippen LogP contribution in [0.3, 0.4) is 0 Å². The van der Waals surface area contributed by atoms with E-state index in [4.69, 9.17) is 21.7 Å². The molecule has 6 nitrogen and oxygen atoms in total. The lowest BCUT2D eigenvalue weighted by Gasteiger charge is -2.02. The fourth-order valence-corrected chi connectivity index (χ4v) is 1.74. The monoisotopic (exact) mass is 286 g/mol. The lowest BCUT2D eigenvalue weighted by Crippen LogP contribution is -2.01. The molecule has 0 aliphatic carbocycles. The first-order chi connectivity index (χ1) is 8.97. The number of carboxylic acid groups (broad SMARTS) is 2. The number of para-hydroxylation sites is 1. The van der Waals surface area contributed by atoms with Crippen LogP contribution in [0, 0.1) is 0 Å². The van der Waals surface area contributed by atoms with Crippen LogP contribution >= 0.6 is 11.8 Å². The molecule has 0 unspecified atom stereocenters. The first-order valence-electron chi connectivity index (χ1n) is 5.58. The second-order valence-corrected chi connectivity index (χ2v) is 4.60. The van der Waals surface area contributed by atoms with Crippen LogP contribution in [0.25, 0.3) is 0 Å². The predicted molar refractivity (Wildman–Crippen MR) is 75.1 cm³/mol. The summed E-state index contributed by atoms with van der Waals surface area (Å²) in [5.41, 5.74) is 11.9. The van der Waals surface area contributed by atoms with Crippen LogP contribution in [0.2, 0.25) is 0 Å². The number of hydrogen-bond donors (Lipinski definition) is 4. The molecule has 0 saturated carbocycles. The standard InChI is InChI=1S/C8H12N2S.C4H6O4/c9-5-6-11-8-4-2-1-3-7(8)10;5-3(6)1-2-4(7)8/h1-4H,5-6,9-10H2;1-2H2,(H,5,6)(H,7,8). The summed E-state index contributed by atoms with van der Waals surface area (Å²) in [6.45, 7) is 0.693. The number of thioether (sulfide) groups is 1. The second kappa shape index (κ2) is 10.2.